The quantitative estimate of drug-likeness (QED) is 0.803. The normalized spacial score (nSPS) is 24.0. The predicted octanol–water partition coefficient (Wildman–Crippen LogP) is 3.24. The number of hydrogen-bond donors (Lipinski definition) is 2. The van der Waals surface area contributed by atoms with E-state index < -0.39 is 47.0 Å². The topological polar surface area (TPSA) is 58.6 Å². The van der Waals surface area contributed by atoms with Crippen molar-refractivity contribution in [2.45, 2.75) is 45.3 Å². The number of carbonyl (C=O) groups excluding carboxylic acids is 1. The van der Waals surface area contributed by atoms with Crippen molar-refractivity contribution in [2.75, 3.05) is 6.54 Å². The van der Waals surface area contributed by atoms with Gasteiger partial charge in [-0.05, 0) is 25.0 Å². The number of hydrogen-bond acceptors (Lipinski definition) is 3. The maximum atomic E-state index is 14.1. The van der Waals surface area contributed by atoms with E-state index in [1.807, 2.05) is 0 Å². The summed E-state index contributed by atoms with van der Waals surface area (Å²) in [7, 11) is 0. The molecule has 0 radical (unpaired) electrons. The molecule has 1 aromatic rings. The number of halogens is 4. The van der Waals surface area contributed by atoms with Crippen molar-refractivity contribution in [1.82, 2.24) is 5.32 Å². The van der Waals surface area contributed by atoms with Gasteiger partial charge < -0.3 is 15.2 Å². The van der Waals surface area contributed by atoms with E-state index >= 15 is 0 Å². The fraction of sp³-hybridized carbons (Fsp3) is 0.562. The fourth-order valence-corrected chi connectivity index (χ4v) is 2.89. The van der Waals surface area contributed by atoms with Gasteiger partial charge in [0.25, 0.3) is 5.91 Å². The van der Waals surface area contributed by atoms with Crippen molar-refractivity contribution in [3.05, 3.63) is 29.3 Å². The van der Waals surface area contributed by atoms with Gasteiger partial charge >= 0.3 is 6.61 Å². The van der Waals surface area contributed by atoms with Crippen LogP contribution in [0.25, 0.3) is 0 Å². The molecule has 1 aliphatic rings. The summed E-state index contributed by atoms with van der Waals surface area (Å²) in [5.74, 6) is -4.65. The fourth-order valence-electron chi connectivity index (χ4n) is 2.89. The summed E-state index contributed by atoms with van der Waals surface area (Å²) in [5.41, 5.74) is -1.58. The number of amides is 1. The summed E-state index contributed by atoms with van der Waals surface area (Å²) >= 11 is 0. The Balaban J connectivity index is 2.14. The number of ether oxygens (including phenoxy) is 1. The van der Waals surface area contributed by atoms with Crippen molar-refractivity contribution in [3.8, 4) is 5.75 Å². The van der Waals surface area contributed by atoms with Crippen LogP contribution in [0.15, 0.2) is 12.1 Å². The van der Waals surface area contributed by atoms with E-state index in [1.54, 1.807) is 6.92 Å². The van der Waals surface area contributed by atoms with Gasteiger partial charge in [-0.15, -0.1) is 0 Å². The van der Waals surface area contributed by atoms with Gasteiger partial charge in [-0.25, -0.2) is 8.78 Å². The van der Waals surface area contributed by atoms with E-state index in [4.69, 9.17) is 0 Å². The Hall–Kier alpha value is -1.83. The van der Waals surface area contributed by atoms with E-state index in [1.165, 1.54) is 0 Å². The minimum atomic E-state index is -3.29. The van der Waals surface area contributed by atoms with Gasteiger partial charge in [-0.1, -0.05) is 19.8 Å². The zero-order chi connectivity index (χ0) is 17.9. The van der Waals surface area contributed by atoms with E-state index in [2.05, 4.69) is 10.1 Å². The SMILES string of the molecule is CC1(CNC(=O)c2c(F)ccc(OC(F)F)c2F)CCCCC1O. The van der Waals surface area contributed by atoms with Crippen LogP contribution >= 0.6 is 0 Å². The molecule has 134 valence electrons. The van der Waals surface area contributed by atoms with Gasteiger partial charge in [-0.2, -0.15) is 8.78 Å². The largest absolute Gasteiger partial charge is 0.432 e. The minimum Gasteiger partial charge on any atom is -0.432 e. The summed E-state index contributed by atoms with van der Waals surface area (Å²) < 4.78 is 56.2. The highest BCUT2D eigenvalue weighted by Crippen LogP contribution is 2.35. The monoisotopic (exact) mass is 349 g/mol. The van der Waals surface area contributed by atoms with Crippen molar-refractivity contribution in [1.29, 1.82) is 0 Å². The van der Waals surface area contributed by atoms with Gasteiger partial charge in [0.1, 0.15) is 11.4 Å². The van der Waals surface area contributed by atoms with E-state index in [0.29, 0.717) is 25.0 Å². The molecule has 0 aromatic heterocycles. The highest BCUT2D eigenvalue weighted by atomic mass is 19.3. The molecule has 1 aliphatic carbocycles. The maximum absolute atomic E-state index is 14.1. The number of aliphatic hydroxyl groups excluding tert-OH is 1. The molecule has 0 bridgehead atoms. The van der Waals surface area contributed by atoms with Crippen LogP contribution in [0.5, 0.6) is 5.75 Å². The number of carbonyl (C=O) groups is 1. The molecule has 1 aromatic carbocycles. The number of rotatable bonds is 5. The van der Waals surface area contributed by atoms with Crippen LogP contribution in [0.4, 0.5) is 17.6 Å². The molecule has 0 saturated heterocycles. The first kappa shape index (κ1) is 18.5. The summed E-state index contributed by atoms with van der Waals surface area (Å²) in [4.78, 5) is 12.1. The van der Waals surface area contributed by atoms with E-state index in [-0.39, 0.29) is 6.54 Å². The Bertz CT molecular complexity index is 611. The average Bonchev–Trinajstić information content (AvgIpc) is 2.51. The third-order valence-electron chi connectivity index (χ3n) is 4.43. The van der Waals surface area contributed by atoms with Crippen molar-refractivity contribution < 1.29 is 32.2 Å². The van der Waals surface area contributed by atoms with E-state index in [0.717, 1.165) is 12.8 Å². The van der Waals surface area contributed by atoms with E-state index in [9.17, 15) is 27.5 Å². The minimum absolute atomic E-state index is 0.0197. The summed E-state index contributed by atoms with van der Waals surface area (Å²) in [6, 6.07) is 1.38. The molecular weight excluding hydrogens is 330 g/mol. The molecule has 2 N–H and O–H groups in total. The third-order valence-corrected chi connectivity index (χ3v) is 4.43. The molecule has 0 aliphatic heterocycles. The first-order valence-electron chi connectivity index (χ1n) is 7.63. The molecule has 0 heterocycles. The summed E-state index contributed by atoms with van der Waals surface area (Å²) in [6.45, 7) is -1.50. The lowest BCUT2D eigenvalue weighted by Gasteiger charge is -2.38. The molecule has 2 rings (SSSR count). The zero-order valence-electron chi connectivity index (χ0n) is 13.1. The second-order valence-corrected chi connectivity index (χ2v) is 6.21. The Labute approximate surface area is 136 Å². The molecule has 2 atom stereocenters. The van der Waals surface area contributed by atoms with Crippen LogP contribution in [0.1, 0.15) is 43.0 Å². The van der Waals surface area contributed by atoms with Gasteiger partial charge in [0.15, 0.2) is 11.6 Å². The van der Waals surface area contributed by atoms with Crippen molar-refractivity contribution in [3.63, 3.8) is 0 Å². The first-order chi connectivity index (χ1) is 11.2. The lowest BCUT2D eigenvalue weighted by molar-refractivity contribution is -0.0523. The van der Waals surface area contributed by atoms with Gasteiger partial charge in [0, 0.05) is 12.0 Å². The molecule has 1 saturated carbocycles. The second kappa shape index (κ2) is 7.38. The number of benzene rings is 1. The first-order valence-corrected chi connectivity index (χ1v) is 7.63. The Kier molecular flexibility index (Phi) is 5.69. The van der Waals surface area contributed by atoms with Crippen LogP contribution in [-0.4, -0.2) is 30.3 Å². The molecule has 2 unspecified atom stereocenters. The highest BCUT2D eigenvalue weighted by molar-refractivity contribution is 5.95. The molecule has 8 heteroatoms. The van der Waals surface area contributed by atoms with Gasteiger partial charge in [-0.3, -0.25) is 4.79 Å². The summed E-state index contributed by atoms with van der Waals surface area (Å²) in [5, 5.41) is 12.4. The number of alkyl halides is 2. The van der Waals surface area contributed by atoms with Crippen molar-refractivity contribution >= 4 is 5.91 Å². The van der Waals surface area contributed by atoms with Gasteiger partial charge in [0.2, 0.25) is 0 Å². The zero-order valence-corrected chi connectivity index (χ0v) is 13.1. The summed E-state index contributed by atoms with van der Waals surface area (Å²) in [6.07, 6.45) is 2.38. The van der Waals surface area contributed by atoms with Crippen LogP contribution in [0.3, 0.4) is 0 Å². The smallest absolute Gasteiger partial charge is 0.387 e. The lowest BCUT2D eigenvalue weighted by atomic mass is 9.73. The standard InChI is InChI=1S/C16H19F4NO3/c1-16(7-3-2-4-11(16)22)8-21-14(23)12-9(17)5-6-10(13(12)18)24-15(19)20/h5-6,11,15,22H,2-4,7-8H2,1H3,(H,21,23). The molecule has 4 nitrogen and oxygen atoms in total. The second-order valence-electron chi connectivity index (χ2n) is 6.21. The molecular formula is C16H19F4NO3. The van der Waals surface area contributed by atoms with Gasteiger partial charge in [0.05, 0.1) is 6.10 Å². The Morgan fingerprint density at radius 1 is 1.42 bits per heavy atom. The number of aliphatic hydroxyl groups is 1. The number of nitrogens with one attached hydrogen (secondary N) is 1. The predicted molar refractivity (Wildman–Crippen MR) is 77.9 cm³/mol. The van der Waals surface area contributed by atoms with Crippen LogP contribution in [0, 0.1) is 17.0 Å². The molecule has 1 amide bonds. The Morgan fingerprint density at radius 2 is 2.12 bits per heavy atom. The van der Waals surface area contributed by atoms with Crippen LogP contribution in [-0.2, 0) is 0 Å². The van der Waals surface area contributed by atoms with Crippen molar-refractivity contribution in [2.24, 2.45) is 5.41 Å². The molecule has 1 fully saturated rings. The third kappa shape index (κ3) is 3.98. The van der Waals surface area contributed by atoms with Crippen LogP contribution in [0.2, 0.25) is 0 Å². The molecule has 24 heavy (non-hydrogen) atoms. The van der Waals surface area contributed by atoms with Crippen LogP contribution < -0.4 is 10.1 Å². The maximum Gasteiger partial charge on any atom is 0.387 e. The Morgan fingerprint density at radius 3 is 2.75 bits per heavy atom. The highest BCUT2D eigenvalue weighted by Gasteiger charge is 2.36. The average molecular weight is 349 g/mol. The molecule has 0 spiro atoms. The lowest BCUT2D eigenvalue weighted by Crippen LogP contribution is -2.45.